The number of aromatic nitrogens is 2. The number of hydrogen-bond acceptors (Lipinski definition) is 3. The van der Waals surface area contributed by atoms with E-state index >= 15 is 0 Å². The number of carbonyl (C=O) groups is 1. The highest BCUT2D eigenvalue weighted by atomic mass is 16.1. The third-order valence-electron chi connectivity index (χ3n) is 5.73. The lowest BCUT2D eigenvalue weighted by molar-refractivity contribution is 0.0963. The molecule has 0 aliphatic carbocycles. The Bertz CT molecular complexity index is 706. The molecule has 0 fully saturated rings. The quantitative estimate of drug-likeness (QED) is 0.247. The lowest BCUT2D eigenvalue weighted by atomic mass is 9.97. The molecule has 2 rings (SSSR count). The van der Waals surface area contributed by atoms with E-state index in [4.69, 9.17) is 0 Å². The fourth-order valence-electron chi connectivity index (χ4n) is 3.48. The normalized spacial score (nSPS) is 12.1. The average Bonchev–Trinajstić information content (AvgIpc) is 2.76. The van der Waals surface area contributed by atoms with Gasteiger partial charge in [-0.2, -0.15) is 0 Å². The molecule has 0 bridgehead atoms. The van der Waals surface area contributed by atoms with Crippen LogP contribution in [0, 0.1) is 5.92 Å². The van der Waals surface area contributed by atoms with Gasteiger partial charge in [-0.05, 0) is 18.8 Å². The number of rotatable bonds is 14. The van der Waals surface area contributed by atoms with Gasteiger partial charge in [0.1, 0.15) is 0 Å². The Balaban J connectivity index is 1.77. The molecule has 158 valence electrons. The van der Waals surface area contributed by atoms with E-state index in [0.717, 1.165) is 35.4 Å². The molecule has 29 heavy (non-hydrogen) atoms. The summed E-state index contributed by atoms with van der Waals surface area (Å²) in [6.07, 6.45) is 17.0. The fraction of sp³-hybridized carbons (Fsp3) is 0.577. The first-order valence-electron chi connectivity index (χ1n) is 11.6. The maximum atomic E-state index is 12.3. The van der Waals surface area contributed by atoms with E-state index in [1.54, 1.807) is 0 Å². The van der Waals surface area contributed by atoms with E-state index in [-0.39, 0.29) is 5.78 Å². The van der Waals surface area contributed by atoms with Crippen molar-refractivity contribution in [1.82, 2.24) is 9.97 Å². The minimum absolute atomic E-state index is 0.220. The Morgan fingerprint density at radius 2 is 1.52 bits per heavy atom. The average molecular weight is 395 g/mol. The zero-order valence-electron chi connectivity index (χ0n) is 18.6. The molecular formula is C26H38N2O. The van der Waals surface area contributed by atoms with Crippen LogP contribution in [0.4, 0.5) is 0 Å². The molecule has 0 aliphatic rings. The second kappa shape index (κ2) is 13.2. The van der Waals surface area contributed by atoms with Crippen LogP contribution in [0.5, 0.6) is 0 Å². The number of nitrogens with zero attached hydrogens (tertiary/aromatic N) is 2. The number of hydrogen-bond donors (Lipinski definition) is 0. The fourth-order valence-corrected chi connectivity index (χ4v) is 3.48. The van der Waals surface area contributed by atoms with Crippen LogP contribution in [0.15, 0.2) is 36.7 Å². The van der Waals surface area contributed by atoms with E-state index in [1.807, 2.05) is 36.7 Å². The van der Waals surface area contributed by atoms with Crippen molar-refractivity contribution in [3.63, 3.8) is 0 Å². The number of ketones is 1. The van der Waals surface area contributed by atoms with Crippen molar-refractivity contribution < 1.29 is 4.79 Å². The predicted molar refractivity (Wildman–Crippen MR) is 122 cm³/mol. The summed E-state index contributed by atoms with van der Waals surface area (Å²) >= 11 is 0. The summed E-state index contributed by atoms with van der Waals surface area (Å²) < 4.78 is 0. The largest absolute Gasteiger partial charge is 0.294 e. The highest BCUT2D eigenvalue weighted by molar-refractivity contribution is 5.96. The molecule has 3 nitrogen and oxygen atoms in total. The van der Waals surface area contributed by atoms with Crippen LogP contribution in [0.2, 0.25) is 0 Å². The molecule has 1 unspecified atom stereocenters. The van der Waals surface area contributed by atoms with E-state index in [2.05, 4.69) is 30.7 Å². The lowest BCUT2D eigenvalue weighted by Gasteiger charge is -2.08. The van der Waals surface area contributed by atoms with Crippen molar-refractivity contribution in [2.45, 2.75) is 91.4 Å². The van der Waals surface area contributed by atoms with Crippen molar-refractivity contribution in [3.8, 4) is 11.3 Å². The summed E-state index contributed by atoms with van der Waals surface area (Å²) in [4.78, 5) is 21.5. The molecule has 0 radical (unpaired) electrons. The molecule has 1 aromatic heterocycles. The molecule has 0 N–H and O–H groups in total. The van der Waals surface area contributed by atoms with Gasteiger partial charge >= 0.3 is 0 Å². The van der Waals surface area contributed by atoms with Crippen LogP contribution in [-0.2, 0) is 6.42 Å². The summed E-state index contributed by atoms with van der Waals surface area (Å²) in [6.45, 7) is 6.51. The highest BCUT2D eigenvalue weighted by Gasteiger charge is 2.10. The maximum absolute atomic E-state index is 12.3. The standard InChI is InChI=1S/C26H38N2O/c1-4-6-7-8-9-10-11-12-13-24-19-28-25(20-27-24)22-14-16-23(17-15-22)26(29)18-21(3)5-2/h14-17,19-21H,4-13,18H2,1-3H3. The molecule has 0 saturated heterocycles. The molecule has 0 amide bonds. The van der Waals surface area contributed by atoms with E-state index in [9.17, 15) is 4.79 Å². The molecule has 1 atom stereocenters. The van der Waals surface area contributed by atoms with Crippen LogP contribution in [0.3, 0.4) is 0 Å². The number of carbonyl (C=O) groups excluding carboxylic acids is 1. The molecule has 0 aliphatic heterocycles. The van der Waals surface area contributed by atoms with Crippen molar-refractivity contribution >= 4 is 5.78 Å². The summed E-state index contributed by atoms with van der Waals surface area (Å²) in [5.74, 6) is 0.652. The van der Waals surface area contributed by atoms with Crippen molar-refractivity contribution in [3.05, 3.63) is 47.9 Å². The first kappa shape index (κ1) is 23.3. The van der Waals surface area contributed by atoms with Crippen LogP contribution >= 0.6 is 0 Å². The topological polar surface area (TPSA) is 42.9 Å². The van der Waals surface area contributed by atoms with E-state index in [1.165, 1.54) is 51.4 Å². The Kier molecular flexibility index (Phi) is 10.6. The maximum Gasteiger partial charge on any atom is 0.163 e. The Morgan fingerprint density at radius 1 is 0.862 bits per heavy atom. The van der Waals surface area contributed by atoms with Crippen molar-refractivity contribution in [1.29, 1.82) is 0 Å². The number of benzene rings is 1. The smallest absolute Gasteiger partial charge is 0.163 e. The van der Waals surface area contributed by atoms with Gasteiger partial charge in [-0.1, -0.05) is 96.4 Å². The predicted octanol–water partition coefficient (Wildman–Crippen LogP) is 7.45. The van der Waals surface area contributed by atoms with Crippen molar-refractivity contribution in [2.75, 3.05) is 0 Å². The summed E-state index contributed by atoms with van der Waals surface area (Å²) in [5.41, 5.74) is 3.73. The van der Waals surface area contributed by atoms with E-state index < -0.39 is 0 Å². The minimum Gasteiger partial charge on any atom is -0.294 e. The van der Waals surface area contributed by atoms with Gasteiger partial charge < -0.3 is 0 Å². The van der Waals surface area contributed by atoms with Crippen LogP contribution in [0.25, 0.3) is 11.3 Å². The van der Waals surface area contributed by atoms with Crippen LogP contribution < -0.4 is 0 Å². The molecular weight excluding hydrogens is 356 g/mol. The summed E-state index contributed by atoms with van der Waals surface area (Å²) in [5, 5.41) is 0. The van der Waals surface area contributed by atoms with Gasteiger partial charge in [-0.25, -0.2) is 0 Å². The summed E-state index contributed by atoms with van der Waals surface area (Å²) in [6, 6.07) is 7.78. The van der Waals surface area contributed by atoms with E-state index in [0.29, 0.717) is 12.3 Å². The van der Waals surface area contributed by atoms with Gasteiger partial charge in [0, 0.05) is 23.7 Å². The number of unbranched alkanes of at least 4 members (excludes halogenated alkanes) is 7. The second-order valence-corrected chi connectivity index (χ2v) is 8.34. The number of aryl methyl sites for hydroxylation is 1. The molecule has 0 saturated carbocycles. The van der Waals surface area contributed by atoms with Gasteiger partial charge in [-0.15, -0.1) is 0 Å². The SMILES string of the molecule is CCCCCCCCCCc1cnc(-c2ccc(C(=O)CC(C)CC)cc2)cn1. The second-order valence-electron chi connectivity index (χ2n) is 8.34. The van der Waals surface area contributed by atoms with Crippen LogP contribution in [-0.4, -0.2) is 15.8 Å². The van der Waals surface area contributed by atoms with Gasteiger partial charge in [0.25, 0.3) is 0 Å². The highest BCUT2D eigenvalue weighted by Crippen LogP contribution is 2.19. The molecule has 1 heterocycles. The Labute approximate surface area is 177 Å². The van der Waals surface area contributed by atoms with Crippen LogP contribution in [0.1, 0.15) is 101 Å². The van der Waals surface area contributed by atoms with Gasteiger partial charge in [0.15, 0.2) is 5.78 Å². The minimum atomic E-state index is 0.220. The molecule has 0 spiro atoms. The molecule has 1 aromatic carbocycles. The summed E-state index contributed by atoms with van der Waals surface area (Å²) in [7, 11) is 0. The monoisotopic (exact) mass is 394 g/mol. The van der Waals surface area contributed by atoms with Gasteiger partial charge in [-0.3, -0.25) is 14.8 Å². The third kappa shape index (κ3) is 8.47. The zero-order valence-corrected chi connectivity index (χ0v) is 18.6. The Morgan fingerprint density at radius 3 is 2.10 bits per heavy atom. The van der Waals surface area contributed by atoms with Gasteiger partial charge in [0.2, 0.25) is 0 Å². The number of Topliss-reactive ketones (excluding diaryl/α,β-unsaturated/α-hetero) is 1. The van der Waals surface area contributed by atoms with Gasteiger partial charge in [0.05, 0.1) is 17.6 Å². The lowest BCUT2D eigenvalue weighted by Crippen LogP contribution is -2.05. The Hall–Kier alpha value is -2.03. The zero-order chi connectivity index (χ0) is 20.9. The third-order valence-corrected chi connectivity index (χ3v) is 5.73. The first-order valence-corrected chi connectivity index (χ1v) is 11.6. The molecule has 3 heteroatoms. The molecule has 2 aromatic rings. The van der Waals surface area contributed by atoms with Crippen molar-refractivity contribution in [2.24, 2.45) is 5.92 Å². The first-order chi connectivity index (χ1) is 14.1.